The van der Waals surface area contributed by atoms with Gasteiger partial charge in [0.15, 0.2) is 5.96 Å². The van der Waals surface area contributed by atoms with Crippen molar-refractivity contribution in [3.63, 3.8) is 0 Å². The van der Waals surface area contributed by atoms with E-state index in [1.807, 2.05) is 11.7 Å². The summed E-state index contributed by atoms with van der Waals surface area (Å²) in [7, 11) is 2.00. The zero-order valence-corrected chi connectivity index (χ0v) is 18.4. The van der Waals surface area contributed by atoms with Crippen LogP contribution in [0.1, 0.15) is 36.4 Å². The summed E-state index contributed by atoms with van der Waals surface area (Å²) in [6, 6.07) is 8.94. The van der Waals surface area contributed by atoms with Crippen molar-refractivity contribution in [3.8, 4) is 0 Å². The Labute approximate surface area is 174 Å². The molecule has 2 heterocycles. The summed E-state index contributed by atoms with van der Waals surface area (Å²) in [5, 5.41) is 11.5. The van der Waals surface area contributed by atoms with Crippen LogP contribution in [0.4, 0.5) is 5.69 Å². The highest BCUT2D eigenvalue weighted by atomic mass is 15.3. The zero-order chi connectivity index (χ0) is 20.8. The molecule has 0 saturated heterocycles. The normalized spacial score (nSPS) is 15.1. The quantitative estimate of drug-likeness (QED) is 0.430. The number of hydrogen-bond acceptors (Lipinski definition) is 3. The second kappa shape index (κ2) is 9.63. The molecular weight excluding hydrogens is 360 g/mol. The minimum absolute atomic E-state index is 0.261. The van der Waals surface area contributed by atoms with E-state index in [2.05, 4.69) is 84.7 Å². The highest BCUT2D eigenvalue weighted by Gasteiger charge is 2.14. The fraction of sp³-hybridized carbons (Fsp3) is 0.478. The van der Waals surface area contributed by atoms with Gasteiger partial charge in [0.05, 0.1) is 12.2 Å². The molecule has 0 aliphatic carbocycles. The summed E-state index contributed by atoms with van der Waals surface area (Å²) in [5.74, 6) is 0.854. The van der Waals surface area contributed by atoms with Crippen LogP contribution < -0.4 is 15.5 Å². The second-order valence-corrected chi connectivity index (χ2v) is 7.76. The van der Waals surface area contributed by atoms with Crippen molar-refractivity contribution in [2.45, 2.75) is 46.7 Å². The Morgan fingerprint density at radius 1 is 1.24 bits per heavy atom. The SMILES string of the molecule is CCNC(=NCc1cccc(N2CC=CC2)c1)NC(C)Cc1c(C)nn(C)c1C. The molecule has 2 N–H and O–H groups in total. The predicted molar refractivity (Wildman–Crippen MR) is 122 cm³/mol. The van der Waals surface area contributed by atoms with Gasteiger partial charge in [-0.3, -0.25) is 4.68 Å². The highest BCUT2D eigenvalue weighted by Crippen LogP contribution is 2.19. The Morgan fingerprint density at radius 3 is 2.66 bits per heavy atom. The van der Waals surface area contributed by atoms with Gasteiger partial charge >= 0.3 is 0 Å². The van der Waals surface area contributed by atoms with Crippen molar-refractivity contribution >= 4 is 11.6 Å². The van der Waals surface area contributed by atoms with Crippen LogP contribution in [0.5, 0.6) is 0 Å². The average Bonchev–Trinajstić information content (AvgIpc) is 3.32. The number of aromatic nitrogens is 2. The number of benzene rings is 1. The van der Waals surface area contributed by atoms with Crippen LogP contribution in [0.15, 0.2) is 41.4 Å². The first-order valence-electron chi connectivity index (χ1n) is 10.5. The van der Waals surface area contributed by atoms with E-state index in [0.29, 0.717) is 6.54 Å². The van der Waals surface area contributed by atoms with Crippen molar-refractivity contribution in [1.29, 1.82) is 0 Å². The predicted octanol–water partition coefficient (Wildman–Crippen LogP) is 3.10. The van der Waals surface area contributed by atoms with Gasteiger partial charge in [0.1, 0.15) is 0 Å². The zero-order valence-electron chi connectivity index (χ0n) is 18.4. The van der Waals surface area contributed by atoms with Crippen LogP contribution in [0, 0.1) is 13.8 Å². The van der Waals surface area contributed by atoms with Crippen molar-refractivity contribution in [1.82, 2.24) is 20.4 Å². The number of aliphatic imine (C=N–C) groups is 1. The molecule has 6 heteroatoms. The van der Waals surface area contributed by atoms with Crippen LogP contribution in [0.2, 0.25) is 0 Å². The summed E-state index contributed by atoms with van der Waals surface area (Å²) >= 11 is 0. The molecule has 1 aliphatic rings. The maximum atomic E-state index is 4.82. The van der Waals surface area contributed by atoms with E-state index in [4.69, 9.17) is 4.99 Å². The van der Waals surface area contributed by atoms with E-state index < -0.39 is 0 Å². The number of guanidine groups is 1. The molecule has 1 aliphatic heterocycles. The Balaban J connectivity index is 1.64. The lowest BCUT2D eigenvalue weighted by atomic mass is 10.1. The van der Waals surface area contributed by atoms with E-state index >= 15 is 0 Å². The second-order valence-electron chi connectivity index (χ2n) is 7.76. The van der Waals surface area contributed by atoms with Crippen LogP contribution >= 0.6 is 0 Å². The molecule has 1 aromatic heterocycles. The van der Waals surface area contributed by atoms with Gasteiger partial charge in [-0.15, -0.1) is 0 Å². The van der Waals surface area contributed by atoms with Crippen LogP contribution in [0.25, 0.3) is 0 Å². The van der Waals surface area contributed by atoms with E-state index in [-0.39, 0.29) is 6.04 Å². The smallest absolute Gasteiger partial charge is 0.191 e. The highest BCUT2D eigenvalue weighted by molar-refractivity contribution is 5.80. The molecule has 6 nitrogen and oxygen atoms in total. The van der Waals surface area contributed by atoms with Crippen LogP contribution in [-0.2, 0) is 20.0 Å². The number of rotatable bonds is 7. The number of nitrogens with one attached hydrogen (secondary N) is 2. The molecule has 1 unspecified atom stereocenters. The molecule has 0 saturated carbocycles. The topological polar surface area (TPSA) is 57.5 Å². The minimum Gasteiger partial charge on any atom is -0.364 e. The molecule has 1 atom stereocenters. The fourth-order valence-corrected chi connectivity index (χ4v) is 3.73. The van der Waals surface area contributed by atoms with E-state index in [9.17, 15) is 0 Å². The standard InChI is InChI=1S/C23H34N6/c1-6-24-23(26-17(2)14-22-18(3)27-28(5)19(22)4)25-16-20-10-9-11-21(15-20)29-12-7-8-13-29/h7-11,15,17H,6,12-14,16H2,1-5H3,(H2,24,25,26). The Morgan fingerprint density at radius 2 is 2.00 bits per heavy atom. The van der Waals surface area contributed by atoms with E-state index in [1.165, 1.54) is 22.5 Å². The van der Waals surface area contributed by atoms with Crippen LogP contribution in [-0.4, -0.2) is 41.4 Å². The summed E-state index contributed by atoms with van der Waals surface area (Å²) in [6.45, 7) is 12.0. The molecule has 2 aromatic rings. The number of hydrogen-bond donors (Lipinski definition) is 2. The minimum atomic E-state index is 0.261. The van der Waals surface area contributed by atoms with E-state index in [1.54, 1.807) is 0 Å². The first-order valence-corrected chi connectivity index (χ1v) is 10.5. The van der Waals surface area contributed by atoms with Gasteiger partial charge < -0.3 is 15.5 Å². The third kappa shape index (κ3) is 5.40. The fourth-order valence-electron chi connectivity index (χ4n) is 3.73. The summed E-state index contributed by atoms with van der Waals surface area (Å²) in [4.78, 5) is 7.18. The summed E-state index contributed by atoms with van der Waals surface area (Å²) in [6.07, 6.45) is 5.35. The van der Waals surface area contributed by atoms with Crippen molar-refractivity contribution in [2.24, 2.45) is 12.0 Å². The third-order valence-corrected chi connectivity index (χ3v) is 5.41. The lowest BCUT2D eigenvalue weighted by Crippen LogP contribution is -2.43. The Bertz CT molecular complexity index is 871. The van der Waals surface area contributed by atoms with Gasteiger partial charge in [0.2, 0.25) is 0 Å². The number of aryl methyl sites for hydroxylation is 2. The van der Waals surface area contributed by atoms with Gasteiger partial charge in [0, 0.05) is 44.1 Å². The molecule has 0 fully saturated rings. The molecule has 29 heavy (non-hydrogen) atoms. The van der Waals surface area contributed by atoms with Gasteiger partial charge in [-0.25, -0.2) is 4.99 Å². The molecule has 0 bridgehead atoms. The van der Waals surface area contributed by atoms with Crippen LogP contribution in [0.3, 0.4) is 0 Å². The number of nitrogens with zero attached hydrogens (tertiary/aromatic N) is 4. The Kier molecular flexibility index (Phi) is 6.96. The van der Waals surface area contributed by atoms with E-state index in [0.717, 1.165) is 37.7 Å². The van der Waals surface area contributed by atoms with Crippen molar-refractivity contribution < 1.29 is 0 Å². The lowest BCUT2D eigenvalue weighted by Gasteiger charge is -2.19. The first-order chi connectivity index (χ1) is 14.0. The van der Waals surface area contributed by atoms with Gasteiger partial charge in [-0.05, 0) is 57.4 Å². The Hall–Kier alpha value is -2.76. The molecule has 0 amide bonds. The molecule has 1 aromatic carbocycles. The van der Waals surface area contributed by atoms with Crippen molar-refractivity contribution in [3.05, 3.63) is 58.9 Å². The first kappa shape index (κ1) is 21.0. The summed E-state index contributed by atoms with van der Waals surface area (Å²) in [5.41, 5.74) is 6.13. The lowest BCUT2D eigenvalue weighted by molar-refractivity contribution is 0.636. The summed E-state index contributed by atoms with van der Waals surface area (Å²) < 4.78 is 1.96. The van der Waals surface area contributed by atoms with Crippen molar-refractivity contribution in [2.75, 3.05) is 24.5 Å². The van der Waals surface area contributed by atoms with Gasteiger partial charge in [0.25, 0.3) is 0 Å². The van der Waals surface area contributed by atoms with Gasteiger partial charge in [-0.2, -0.15) is 5.10 Å². The maximum Gasteiger partial charge on any atom is 0.191 e. The largest absolute Gasteiger partial charge is 0.364 e. The molecule has 3 rings (SSSR count). The molecule has 0 spiro atoms. The molecular formula is C23H34N6. The monoisotopic (exact) mass is 394 g/mol. The number of anilines is 1. The third-order valence-electron chi connectivity index (χ3n) is 5.41. The molecule has 156 valence electrons. The average molecular weight is 395 g/mol. The van der Waals surface area contributed by atoms with Gasteiger partial charge in [-0.1, -0.05) is 24.3 Å². The molecule has 0 radical (unpaired) electrons. The maximum absolute atomic E-state index is 4.82.